The zero-order valence-electron chi connectivity index (χ0n) is 4.02. The van der Waals surface area contributed by atoms with E-state index in [1.165, 1.54) is 11.5 Å². The first-order chi connectivity index (χ1) is 3.43. The first kappa shape index (κ1) is 5.79. The molecule has 0 saturated carbocycles. The fourth-order valence-electron chi connectivity index (χ4n) is 0.525. The molecule has 0 aromatic heterocycles. The SMILES string of the molecule is [NH]CC1SCCS1. The molecule has 1 rings (SSSR count). The third-order valence-electron chi connectivity index (χ3n) is 0.857. The molecule has 0 atom stereocenters. The van der Waals surface area contributed by atoms with Crippen LogP contribution in [-0.4, -0.2) is 22.6 Å². The monoisotopic (exact) mass is 134 g/mol. The van der Waals surface area contributed by atoms with Crippen LogP contribution in [0.4, 0.5) is 0 Å². The Bertz CT molecular complexity index is 51.7. The van der Waals surface area contributed by atoms with Gasteiger partial charge in [0.2, 0.25) is 0 Å². The lowest BCUT2D eigenvalue weighted by atomic mass is 10.8. The minimum atomic E-state index is 0.593. The van der Waals surface area contributed by atoms with Crippen LogP contribution >= 0.6 is 23.5 Å². The summed E-state index contributed by atoms with van der Waals surface area (Å²) in [5, 5.41) is 0. The summed E-state index contributed by atoms with van der Waals surface area (Å²) in [4.78, 5) is 0. The first-order valence-electron chi connectivity index (χ1n) is 2.31. The standard InChI is InChI=1S/C4H8NS2/c5-3-4-6-1-2-7-4/h4-5H,1-3H2. The summed E-state index contributed by atoms with van der Waals surface area (Å²) in [6.45, 7) is 0.593. The molecule has 0 amide bonds. The van der Waals surface area contributed by atoms with E-state index in [0.717, 1.165) is 0 Å². The van der Waals surface area contributed by atoms with Crippen molar-refractivity contribution in [1.82, 2.24) is 5.73 Å². The second-order valence-electron chi connectivity index (χ2n) is 1.38. The van der Waals surface area contributed by atoms with Crippen molar-refractivity contribution in [3.05, 3.63) is 0 Å². The number of hydrogen-bond acceptors (Lipinski definition) is 2. The molecule has 1 heterocycles. The van der Waals surface area contributed by atoms with Crippen molar-refractivity contribution in [1.29, 1.82) is 0 Å². The van der Waals surface area contributed by atoms with Gasteiger partial charge in [0.25, 0.3) is 0 Å². The van der Waals surface area contributed by atoms with E-state index in [1.54, 1.807) is 0 Å². The summed E-state index contributed by atoms with van der Waals surface area (Å²) in [5.74, 6) is 2.52. The van der Waals surface area contributed by atoms with Crippen molar-refractivity contribution in [2.24, 2.45) is 0 Å². The molecule has 0 spiro atoms. The summed E-state index contributed by atoms with van der Waals surface area (Å²) in [6, 6.07) is 0. The minimum absolute atomic E-state index is 0.593. The molecule has 41 valence electrons. The largest absolute Gasteiger partial charge is 0.256 e. The van der Waals surface area contributed by atoms with Gasteiger partial charge in [0.1, 0.15) is 0 Å². The van der Waals surface area contributed by atoms with Crippen molar-refractivity contribution < 1.29 is 0 Å². The van der Waals surface area contributed by atoms with Crippen LogP contribution in [0.3, 0.4) is 0 Å². The Morgan fingerprint density at radius 2 is 2.00 bits per heavy atom. The van der Waals surface area contributed by atoms with Crippen molar-refractivity contribution in [2.75, 3.05) is 18.1 Å². The molecule has 7 heavy (non-hydrogen) atoms. The topological polar surface area (TPSA) is 23.8 Å². The van der Waals surface area contributed by atoms with E-state index in [2.05, 4.69) is 0 Å². The molecule has 0 aromatic carbocycles. The molecule has 1 radical (unpaired) electrons. The summed E-state index contributed by atoms with van der Waals surface area (Å²) < 4.78 is 0.597. The predicted octanol–water partition coefficient (Wildman–Crippen LogP) is 1.08. The highest BCUT2D eigenvalue weighted by Crippen LogP contribution is 2.30. The number of thioether (sulfide) groups is 2. The first-order valence-corrected chi connectivity index (χ1v) is 4.41. The van der Waals surface area contributed by atoms with Crippen LogP contribution in [0.2, 0.25) is 0 Å². The molecule has 1 fully saturated rings. The Morgan fingerprint density at radius 1 is 1.43 bits per heavy atom. The smallest absolute Gasteiger partial charge is 0.0641 e. The van der Waals surface area contributed by atoms with Gasteiger partial charge in [-0.25, -0.2) is 0 Å². The Kier molecular flexibility index (Phi) is 2.35. The molecule has 0 aliphatic carbocycles. The van der Waals surface area contributed by atoms with Crippen LogP contribution in [-0.2, 0) is 0 Å². The highest BCUT2D eigenvalue weighted by molar-refractivity contribution is 8.20. The third-order valence-corrected chi connectivity index (χ3v) is 3.89. The van der Waals surface area contributed by atoms with E-state index in [4.69, 9.17) is 5.73 Å². The predicted molar refractivity (Wildman–Crippen MR) is 36.7 cm³/mol. The van der Waals surface area contributed by atoms with Crippen molar-refractivity contribution in [2.45, 2.75) is 4.58 Å². The third kappa shape index (κ3) is 1.55. The average molecular weight is 134 g/mol. The highest BCUT2D eigenvalue weighted by Gasteiger charge is 2.12. The molecule has 1 aliphatic heterocycles. The number of rotatable bonds is 1. The van der Waals surface area contributed by atoms with Gasteiger partial charge in [-0.3, -0.25) is 5.73 Å². The second-order valence-corrected chi connectivity index (χ2v) is 4.29. The van der Waals surface area contributed by atoms with Gasteiger partial charge in [-0.15, -0.1) is 23.5 Å². The van der Waals surface area contributed by atoms with Crippen LogP contribution in [0, 0.1) is 0 Å². The minimum Gasteiger partial charge on any atom is -0.256 e. The van der Waals surface area contributed by atoms with Gasteiger partial charge in [-0.05, 0) is 0 Å². The second kappa shape index (κ2) is 2.84. The van der Waals surface area contributed by atoms with Gasteiger partial charge in [0, 0.05) is 18.1 Å². The van der Waals surface area contributed by atoms with Crippen LogP contribution < -0.4 is 5.73 Å². The van der Waals surface area contributed by atoms with Gasteiger partial charge < -0.3 is 0 Å². The maximum absolute atomic E-state index is 6.96. The lowest BCUT2D eigenvalue weighted by Gasteiger charge is -1.97. The molecule has 3 heteroatoms. The molecule has 0 bridgehead atoms. The van der Waals surface area contributed by atoms with E-state index in [-0.39, 0.29) is 0 Å². The van der Waals surface area contributed by atoms with E-state index >= 15 is 0 Å². The summed E-state index contributed by atoms with van der Waals surface area (Å²) >= 11 is 3.84. The maximum atomic E-state index is 6.96. The van der Waals surface area contributed by atoms with Gasteiger partial charge >= 0.3 is 0 Å². The van der Waals surface area contributed by atoms with E-state index in [9.17, 15) is 0 Å². The van der Waals surface area contributed by atoms with Crippen LogP contribution in [0.1, 0.15) is 0 Å². The van der Waals surface area contributed by atoms with Crippen molar-refractivity contribution in [3.63, 3.8) is 0 Å². The number of hydrogen-bond donors (Lipinski definition) is 0. The van der Waals surface area contributed by atoms with Crippen molar-refractivity contribution in [3.8, 4) is 0 Å². The van der Waals surface area contributed by atoms with E-state index in [1.807, 2.05) is 23.5 Å². The Morgan fingerprint density at radius 3 is 2.29 bits per heavy atom. The van der Waals surface area contributed by atoms with E-state index in [0.29, 0.717) is 11.1 Å². The summed E-state index contributed by atoms with van der Waals surface area (Å²) in [6.07, 6.45) is 0. The summed E-state index contributed by atoms with van der Waals surface area (Å²) in [5.41, 5.74) is 6.96. The molecule has 1 nitrogen and oxygen atoms in total. The quantitative estimate of drug-likeness (QED) is 0.535. The Labute approximate surface area is 52.4 Å². The van der Waals surface area contributed by atoms with Gasteiger partial charge in [0.05, 0.1) is 4.58 Å². The van der Waals surface area contributed by atoms with E-state index < -0.39 is 0 Å². The van der Waals surface area contributed by atoms with Gasteiger partial charge in [-0.2, -0.15) is 0 Å². The Balaban J connectivity index is 2.14. The van der Waals surface area contributed by atoms with Gasteiger partial charge in [-0.1, -0.05) is 0 Å². The zero-order chi connectivity index (χ0) is 5.11. The molecule has 1 saturated heterocycles. The van der Waals surface area contributed by atoms with Crippen molar-refractivity contribution >= 4 is 23.5 Å². The molecule has 1 aliphatic rings. The molecular weight excluding hydrogens is 126 g/mol. The normalized spacial score (nSPS) is 23.6. The lowest BCUT2D eigenvalue weighted by molar-refractivity contribution is 1.07. The van der Waals surface area contributed by atoms with Crippen LogP contribution in [0.15, 0.2) is 0 Å². The summed E-state index contributed by atoms with van der Waals surface area (Å²) in [7, 11) is 0. The molecule has 0 aromatic rings. The van der Waals surface area contributed by atoms with Crippen LogP contribution in [0.5, 0.6) is 0 Å². The highest BCUT2D eigenvalue weighted by atomic mass is 32.2. The zero-order valence-corrected chi connectivity index (χ0v) is 5.65. The maximum Gasteiger partial charge on any atom is 0.0641 e. The lowest BCUT2D eigenvalue weighted by Crippen LogP contribution is -1.98. The average Bonchev–Trinajstić information content (AvgIpc) is 2.14. The Hall–Kier alpha value is 0.660. The molecule has 0 unspecified atom stereocenters. The fourth-order valence-corrected chi connectivity index (χ4v) is 3.02. The number of nitrogens with one attached hydrogen (secondary N) is 1. The van der Waals surface area contributed by atoms with Gasteiger partial charge in [0.15, 0.2) is 0 Å². The fraction of sp³-hybridized carbons (Fsp3) is 1.00. The molecule has 1 N–H and O–H groups in total. The molecular formula is C4H8NS2. The van der Waals surface area contributed by atoms with Crippen LogP contribution in [0.25, 0.3) is 0 Å².